The van der Waals surface area contributed by atoms with Crippen LogP contribution in [-0.4, -0.2) is 56.6 Å². The average molecular weight is 536 g/mol. The van der Waals surface area contributed by atoms with Gasteiger partial charge >= 0.3 is 0 Å². The maximum absolute atomic E-state index is 13.5. The maximum atomic E-state index is 13.5. The number of carbonyl (C=O) groups excluding carboxylic acids is 2. The molecule has 37 heavy (non-hydrogen) atoms. The summed E-state index contributed by atoms with van der Waals surface area (Å²) >= 11 is 0. The number of nitrogens with one attached hydrogen (secondary N) is 1. The zero-order chi connectivity index (χ0) is 27.8. The van der Waals surface area contributed by atoms with Gasteiger partial charge < -0.3 is 15.0 Å². The number of sulfonamides is 1. The quantitative estimate of drug-likeness (QED) is 0.442. The molecule has 0 aliphatic carbocycles. The first-order valence-electron chi connectivity index (χ1n) is 12.2. The largest absolute Gasteiger partial charge is 0.497 e. The minimum atomic E-state index is -3.65. The zero-order valence-electron chi connectivity index (χ0n) is 22.5. The Morgan fingerprint density at radius 3 is 2.14 bits per heavy atom. The monoisotopic (exact) mass is 535 g/mol. The lowest BCUT2D eigenvalue weighted by Crippen LogP contribution is -2.53. The Labute approximate surface area is 219 Å². The number of nitrogens with zero attached hydrogens (tertiary/aromatic N) is 2. The second-order valence-corrected chi connectivity index (χ2v) is 11.9. The summed E-state index contributed by atoms with van der Waals surface area (Å²) in [5.41, 5.74) is 0.687. The summed E-state index contributed by atoms with van der Waals surface area (Å²) in [6, 6.07) is 11.7. The van der Waals surface area contributed by atoms with Gasteiger partial charge in [0.15, 0.2) is 0 Å². The van der Waals surface area contributed by atoms with Crippen LogP contribution in [0.15, 0.2) is 48.5 Å². The summed E-state index contributed by atoms with van der Waals surface area (Å²) in [6.45, 7) is 7.73. The number of methoxy groups -OCH3 is 1. The number of rotatable bonds is 12. The first-order chi connectivity index (χ1) is 17.2. The summed E-state index contributed by atoms with van der Waals surface area (Å²) in [7, 11) is -2.08. The summed E-state index contributed by atoms with van der Waals surface area (Å²) in [5, 5.41) is 2.96. The number of carbonyl (C=O) groups is 2. The molecule has 0 saturated heterocycles. The van der Waals surface area contributed by atoms with Gasteiger partial charge in [-0.1, -0.05) is 19.1 Å². The Morgan fingerprint density at radius 2 is 1.65 bits per heavy atom. The summed E-state index contributed by atoms with van der Waals surface area (Å²) in [6.07, 6.45) is 1.73. The highest BCUT2D eigenvalue weighted by molar-refractivity contribution is 7.92. The van der Waals surface area contributed by atoms with E-state index in [1.54, 1.807) is 24.1 Å². The predicted molar refractivity (Wildman–Crippen MR) is 143 cm³/mol. The smallest absolute Gasteiger partial charge is 0.243 e. The highest BCUT2D eigenvalue weighted by Crippen LogP contribution is 2.21. The van der Waals surface area contributed by atoms with Crippen molar-refractivity contribution in [1.29, 1.82) is 0 Å². The van der Waals surface area contributed by atoms with Crippen LogP contribution in [0.2, 0.25) is 0 Å². The van der Waals surface area contributed by atoms with E-state index in [1.807, 2.05) is 39.8 Å². The highest BCUT2D eigenvalue weighted by atomic mass is 32.2. The van der Waals surface area contributed by atoms with Gasteiger partial charge in [-0.3, -0.25) is 13.9 Å². The molecule has 0 spiro atoms. The van der Waals surface area contributed by atoms with E-state index in [1.165, 1.54) is 24.3 Å². The third kappa shape index (κ3) is 9.35. The van der Waals surface area contributed by atoms with Crippen LogP contribution in [0.5, 0.6) is 5.75 Å². The van der Waals surface area contributed by atoms with Gasteiger partial charge in [0.1, 0.15) is 17.6 Å². The number of hydrogen-bond acceptors (Lipinski definition) is 5. The van der Waals surface area contributed by atoms with Gasteiger partial charge in [0.25, 0.3) is 0 Å². The predicted octanol–water partition coefficient (Wildman–Crippen LogP) is 4.10. The van der Waals surface area contributed by atoms with Crippen molar-refractivity contribution in [3.63, 3.8) is 0 Å². The van der Waals surface area contributed by atoms with E-state index in [2.05, 4.69) is 5.32 Å². The van der Waals surface area contributed by atoms with Crippen molar-refractivity contribution in [2.75, 3.05) is 24.2 Å². The fourth-order valence-electron chi connectivity index (χ4n) is 3.91. The molecule has 0 heterocycles. The molecule has 1 unspecified atom stereocenters. The van der Waals surface area contributed by atoms with E-state index < -0.39 is 27.4 Å². The highest BCUT2D eigenvalue weighted by Gasteiger charge is 2.30. The summed E-state index contributed by atoms with van der Waals surface area (Å²) in [5.74, 6) is -0.304. The van der Waals surface area contributed by atoms with Crippen LogP contribution in [-0.2, 0) is 26.2 Å². The van der Waals surface area contributed by atoms with E-state index >= 15 is 0 Å². The van der Waals surface area contributed by atoms with Crippen LogP contribution in [0.4, 0.5) is 10.1 Å². The molecule has 0 radical (unpaired) electrons. The second kappa shape index (κ2) is 12.9. The first kappa shape index (κ1) is 30.1. The van der Waals surface area contributed by atoms with Gasteiger partial charge in [-0.15, -0.1) is 0 Å². The molecule has 1 atom stereocenters. The third-order valence-electron chi connectivity index (χ3n) is 5.66. The maximum Gasteiger partial charge on any atom is 0.243 e. The molecule has 8 nitrogen and oxygen atoms in total. The molecule has 0 bridgehead atoms. The molecular formula is C27H38FN3O5S. The van der Waals surface area contributed by atoms with Crippen molar-refractivity contribution in [1.82, 2.24) is 10.2 Å². The SMILES string of the molecule is CCC(C(=O)NC(C)(C)C)N(Cc1ccc(OC)cc1)C(=O)CCCN(c1ccc(F)cc1)S(C)(=O)=O. The zero-order valence-corrected chi connectivity index (χ0v) is 23.3. The Morgan fingerprint density at radius 1 is 1.05 bits per heavy atom. The van der Waals surface area contributed by atoms with Crippen molar-refractivity contribution in [3.05, 3.63) is 59.9 Å². The molecule has 1 N–H and O–H groups in total. The fourth-order valence-corrected chi connectivity index (χ4v) is 4.88. The molecule has 2 rings (SSSR count). The van der Waals surface area contributed by atoms with E-state index in [9.17, 15) is 22.4 Å². The summed E-state index contributed by atoms with van der Waals surface area (Å²) in [4.78, 5) is 28.1. The average Bonchev–Trinajstić information content (AvgIpc) is 2.81. The van der Waals surface area contributed by atoms with Gasteiger partial charge in [-0.25, -0.2) is 12.8 Å². The molecule has 204 valence electrons. The van der Waals surface area contributed by atoms with Gasteiger partial charge in [0, 0.05) is 25.0 Å². The van der Waals surface area contributed by atoms with E-state index in [0.717, 1.165) is 16.1 Å². The molecule has 2 amide bonds. The Balaban J connectivity index is 2.23. The fraction of sp³-hybridized carbons (Fsp3) is 0.481. The molecule has 0 aliphatic rings. The van der Waals surface area contributed by atoms with Crippen molar-refractivity contribution < 1.29 is 27.1 Å². The topological polar surface area (TPSA) is 96.0 Å². The molecule has 2 aromatic carbocycles. The number of anilines is 1. The second-order valence-electron chi connectivity index (χ2n) is 9.95. The van der Waals surface area contributed by atoms with Crippen LogP contribution in [0.1, 0.15) is 52.5 Å². The molecular weight excluding hydrogens is 497 g/mol. The van der Waals surface area contributed by atoms with Gasteiger partial charge in [0.05, 0.1) is 19.1 Å². The minimum absolute atomic E-state index is 0.0304. The lowest BCUT2D eigenvalue weighted by molar-refractivity contribution is -0.142. The van der Waals surface area contributed by atoms with Crippen LogP contribution in [0.3, 0.4) is 0 Å². The molecule has 10 heteroatoms. The van der Waals surface area contributed by atoms with Gasteiger partial charge in [-0.2, -0.15) is 0 Å². The van der Waals surface area contributed by atoms with E-state index in [-0.39, 0.29) is 37.7 Å². The summed E-state index contributed by atoms with van der Waals surface area (Å²) < 4.78 is 44.4. The number of benzene rings is 2. The van der Waals surface area contributed by atoms with Crippen LogP contribution in [0, 0.1) is 5.82 Å². The van der Waals surface area contributed by atoms with Gasteiger partial charge in [0.2, 0.25) is 21.8 Å². The van der Waals surface area contributed by atoms with E-state index in [4.69, 9.17) is 4.74 Å². The van der Waals surface area contributed by atoms with Crippen LogP contribution >= 0.6 is 0 Å². The first-order valence-corrected chi connectivity index (χ1v) is 14.1. The number of halogens is 1. The molecule has 0 saturated carbocycles. The van der Waals surface area contributed by atoms with Crippen LogP contribution in [0.25, 0.3) is 0 Å². The number of hydrogen-bond donors (Lipinski definition) is 1. The Kier molecular flexibility index (Phi) is 10.5. The van der Waals surface area contributed by atoms with Gasteiger partial charge in [-0.05, 0) is 75.6 Å². The van der Waals surface area contributed by atoms with Crippen LogP contribution < -0.4 is 14.4 Å². The molecule has 0 aliphatic heterocycles. The van der Waals surface area contributed by atoms with Crippen molar-refractivity contribution >= 4 is 27.5 Å². The third-order valence-corrected chi connectivity index (χ3v) is 6.86. The number of amides is 2. The van der Waals surface area contributed by atoms with Crippen molar-refractivity contribution in [3.8, 4) is 5.75 Å². The van der Waals surface area contributed by atoms with Crippen molar-refractivity contribution in [2.45, 2.75) is 65.1 Å². The Hall–Kier alpha value is -3.14. The minimum Gasteiger partial charge on any atom is -0.497 e. The lowest BCUT2D eigenvalue weighted by atomic mass is 10.0. The standard InChI is InChI=1S/C27H38FN3O5S/c1-7-24(26(33)29-27(2,3)4)30(19-20-10-16-23(36-5)17-11-20)25(32)9-8-18-31(37(6,34)35)22-14-12-21(28)13-15-22/h10-17,24H,7-9,18-19H2,1-6H3,(H,29,33). The Bertz CT molecular complexity index is 1150. The molecule has 0 aromatic heterocycles. The normalized spacial score (nSPS) is 12.5. The molecule has 2 aromatic rings. The lowest BCUT2D eigenvalue weighted by Gasteiger charge is -2.33. The number of ether oxygens (including phenoxy) is 1. The van der Waals surface area contributed by atoms with Crippen molar-refractivity contribution in [2.24, 2.45) is 0 Å². The van der Waals surface area contributed by atoms with E-state index in [0.29, 0.717) is 17.9 Å². The molecule has 0 fully saturated rings.